The zero-order valence-electron chi connectivity index (χ0n) is 16.3. The van der Waals surface area contributed by atoms with E-state index < -0.39 is 0 Å². The molecule has 0 atom stereocenters. The summed E-state index contributed by atoms with van der Waals surface area (Å²) in [6.07, 6.45) is 9.59. The van der Waals surface area contributed by atoms with Crippen LogP contribution < -0.4 is 15.5 Å². The van der Waals surface area contributed by atoms with Gasteiger partial charge in [-0.1, -0.05) is 18.9 Å². The van der Waals surface area contributed by atoms with Crippen molar-refractivity contribution in [2.75, 3.05) is 45.2 Å². The van der Waals surface area contributed by atoms with Gasteiger partial charge in [0.25, 0.3) is 0 Å². The monoisotopic (exact) mass is 358 g/mol. The SMILES string of the molecule is CN=C(NCCN(C)C1CCCC1)NC1CCN(c2ccccn2)CC1. The van der Waals surface area contributed by atoms with Gasteiger partial charge in [-0.25, -0.2) is 4.98 Å². The molecule has 0 aromatic carbocycles. The van der Waals surface area contributed by atoms with Crippen LogP contribution in [0.2, 0.25) is 0 Å². The second kappa shape index (κ2) is 9.76. The van der Waals surface area contributed by atoms with Crippen molar-refractivity contribution in [3.63, 3.8) is 0 Å². The largest absolute Gasteiger partial charge is 0.356 e. The number of rotatable bonds is 6. The van der Waals surface area contributed by atoms with Gasteiger partial charge >= 0.3 is 0 Å². The summed E-state index contributed by atoms with van der Waals surface area (Å²) in [4.78, 5) is 13.7. The smallest absolute Gasteiger partial charge is 0.191 e. The number of pyridine rings is 1. The number of anilines is 1. The van der Waals surface area contributed by atoms with Crippen molar-refractivity contribution >= 4 is 11.8 Å². The van der Waals surface area contributed by atoms with Crippen LogP contribution in [0, 0.1) is 0 Å². The quantitative estimate of drug-likeness (QED) is 0.602. The summed E-state index contributed by atoms with van der Waals surface area (Å²) in [5.74, 6) is 2.02. The first-order chi connectivity index (χ1) is 12.8. The Morgan fingerprint density at radius 2 is 2.00 bits per heavy atom. The van der Waals surface area contributed by atoms with Crippen LogP contribution in [0.15, 0.2) is 29.4 Å². The first kappa shape index (κ1) is 19.0. The van der Waals surface area contributed by atoms with E-state index in [0.717, 1.165) is 56.8 Å². The third-order valence-electron chi connectivity index (χ3n) is 5.74. The Morgan fingerprint density at radius 3 is 2.65 bits per heavy atom. The Morgan fingerprint density at radius 1 is 1.23 bits per heavy atom. The molecule has 0 unspecified atom stereocenters. The van der Waals surface area contributed by atoms with Crippen LogP contribution in [-0.2, 0) is 0 Å². The molecule has 1 aromatic rings. The maximum absolute atomic E-state index is 4.46. The highest BCUT2D eigenvalue weighted by atomic mass is 15.2. The molecule has 1 aliphatic carbocycles. The highest BCUT2D eigenvalue weighted by Gasteiger charge is 2.21. The van der Waals surface area contributed by atoms with Gasteiger partial charge in [-0.15, -0.1) is 0 Å². The molecule has 0 amide bonds. The normalized spacial score (nSPS) is 20.0. The predicted octanol–water partition coefficient (Wildman–Crippen LogP) is 2.09. The molecule has 0 spiro atoms. The summed E-state index contributed by atoms with van der Waals surface area (Å²) in [7, 11) is 4.11. The van der Waals surface area contributed by atoms with Crippen LogP contribution in [0.25, 0.3) is 0 Å². The lowest BCUT2D eigenvalue weighted by Gasteiger charge is -2.34. The van der Waals surface area contributed by atoms with Crippen molar-refractivity contribution in [1.29, 1.82) is 0 Å². The molecular weight excluding hydrogens is 324 g/mol. The number of aliphatic imine (C=N–C) groups is 1. The molecular formula is C20H34N6. The summed E-state index contributed by atoms with van der Waals surface area (Å²) in [6, 6.07) is 7.38. The maximum atomic E-state index is 4.46. The zero-order valence-corrected chi connectivity index (χ0v) is 16.3. The maximum Gasteiger partial charge on any atom is 0.191 e. The second-order valence-electron chi connectivity index (χ2n) is 7.51. The minimum absolute atomic E-state index is 0.480. The average molecular weight is 359 g/mol. The third-order valence-corrected chi connectivity index (χ3v) is 5.74. The number of nitrogens with zero attached hydrogens (tertiary/aromatic N) is 4. The third kappa shape index (κ3) is 5.34. The number of guanidine groups is 1. The minimum Gasteiger partial charge on any atom is -0.356 e. The first-order valence-corrected chi connectivity index (χ1v) is 10.1. The van der Waals surface area contributed by atoms with E-state index in [4.69, 9.17) is 0 Å². The molecule has 1 aliphatic heterocycles. The fourth-order valence-electron chi connectivity index (χ4n) is 4.06. The highest BCUT2D eigenvalue weighted by molar-refractivity contribution is 5.80. The van der Waals surface area contributed by atoms with Gasteiger partial charge in [-0.05, 0) is 44.9 Å². The topological polar surface area (TPSA) is 55.8 Å². The molecule has 1 saturated carbocycles. The van der Waals surface area contributed by atoms with E-state index in [1.165, 1.54) is 25.7 Å². The molecule has 6 heteroatoms. The summed E-state index contributed by atoms with van der Waals surface area (Å²) < 4.78 is 0. The Hall–Kier alpha value is -1.82. The number of piperidine rings is 1. The second-order valence-corrected chi connectivity index (χ2v) is 7.51. The molecule has 2 N–H and O–H groups in total. The number of hydrogen-bond donors (Lipinski definition) is 2. The summed E-state index contributed by atoms with van der Waals surface area (Å²) in [6.45, 7) is 4.09. The highest BCUT2D eigenvalue weighted by Crippen LogP contribution is 2.21. The van der Waals surface area contributed by atoms with E-state index in [9.17, 15) is 0 Å². The molecule has 2 aliphatic rings. The van der Waals surface area contributed by atoms with Crippen molar-refractivity contribution < 1.29 is 0 Å². The Kier molecular flexibility index (Phi) is 7.12. The fraction of sp³-hybridized carbons (Fsp3) is 0.700. The van der Waals surface area contributed by atoms with Crippen molar-refractivity contribution in [1.82, 2.24) is 20.5 Å². The average Bonchev–Trinajstić information content (AvgIpc) is 3.23. The lowest BCUT2D eigenvalue weighted by Crippen LogP contribution is -2.50. The van der Waals surface area contributed by atoms with Crippen LogP contribution in [-0.4, -0.2) is 68.2 Å². The van der Waals surface area contributed by atoms with Crippen LogP contribution in [0.3, 0.4) is 0 Å². The Bertz CT molecular complexity index is 547. The van der Waals surface area contributed by atoms with Crippen molar-refractivity contribution in [2.45, 2.75) is 50.6 Å². The molecule has 1 aromatic heterocycles. The molecule has 0 bridgehead atoms. The van der Waals surface area contributed by atoms with Gasteiger partial charge in [-0.3, -0.25) is 4.99 Å². The molecule has 2 heterocycles. The zero-order chi connectivity index (χ0) is 18.2. The summed E-state index contributed by atoms with van der Waals surface area (Å²) >= 11 is 0. The Balaban J connectivity index is 1.36. The van der Waals surface area contributed by atoms with E-state index in [1.54, 1.807) is 0 Å². The molecule has 6 nitrogen and oxygen atoms in total. The Labute approximate surface area is 158 Å². The van der Waals surface area contributed by atoms with Gasteiger partial charge in [0.05, 0.1) is 0 Å². The molecule has 0 radical (unpaired) electrons. The standard InChI is InChI=1S/C20H34N6/c1-21-20(23-13-16-25(2)18-7-3-4-8-18)24-17-10-14-26(15-11-17)19-9-5-6-12-22-19/h5-6,9,12,17-18H,3-4,7-8,10-11,13-16H2,1-2H3,(H2,21,23,24). The van der Waals surface area contributed by atoms with Gasteiger partial charge < -0.3 is 20.4 Å². The first-order valence-electron chi connectivity index (χ1n) is 10.1. The van der Waals surface area contributed by atoms with Crippen molar-refractivity contribution in [3.05, 3.63) is 24.4 Å². The van der Waals surface area contributed by atoms with Crippen LogP contribution in [0.5, 0.6) is 0 Å². The summed E-state index contributed by atoms with van der Waals surface area (Å²) in [5, 5.41) is 7.08. The molecule has 26 heavy (non-hydrogen) atoms. The molecule has 144 valence electrons. The van der Waals surface area contributed by atoms with Crippen LogP contribution in [0.1, 0.15) is 38.5 Å². The van der Waals surface area contributed by atoms with Gasteiger partial charge in [-0.2, -0.15) is 0 Å². The molecule has 1 saturated heterocycles. The van der Waals surface area contributed by atoms with Crippen LogP contribution in [0.4, 0.5) is 5.82 Å². The number of hydrogen-bond acceptors (Lipinski definition) is 4. The molecule has 2 fully saturated rings. The van der Waals surface area contributed by atoms with Gasteiger partial charge in [0.1, 0.15) is 5.82 Å². The van der Waals surface area contributed by atoms with E-state index >= 15 is 0 Å². The van der Waals surface area contributed by atoms with Crippen molar-refractivity contribution in [2.24, 2.45) is 4.99 Å². The number of aromatic nitrogens is 1. The fourth-order valence-corrected chi connectivity index (χ4v) is 4.06. The van der Waals surface area contributed by atoms with Crippen molar-refractivity contribution in [3.8, 4) is 0 Å². The lowest BCUT2D eigenvalue weighted by molar-refractivity contribution is 0.249. The van der Waals surface area contributed by atoms with Gasteiger partial charge in [0, 0.05) is 51.5 Å². The van der Waals surface area contributed by atoms with Gasteiger partial charge in [0.15, 0.2) is 5.96 Å². The van der Waals surface area contributed by atoms with E-state index in [-0.39, 0.29) is 0 Å². The minimum atomic E-state index is 0.480. The van der Waals surface area contributed by atoms with Gasteiger partial charge in [0.2, 0.25) is 0 Å². The number of likely N-dealkylation sites (N-methyl/N-ethyl adjacent to an activating group) is 1. The van der Waals surface area contributed by atoms with E-state index in [2.05, 4.69) is 49.6 Å². The lowest BCUT2D eigenvalue weighted by atomic mass is 10.1. The number of nitrogens with one attached hydrogen (secondary N) is 2. The summed E-state index contributed by atoms with van der Waals surface area (Å²) in [5.41, 5.74) is 0. The van der Waals surface area contributed by atoms with Crippen LogP contribution >= 0.6 is 0 Å². The van der Waals surface area contributed by atoms with E-state index in [0.29, 0.717) is 6.04 Å². The molecule has 3 rings (SSSR count). The van der Waals surface area contributed by atoms with E-state index in [1.807, 2.05) is 19.3 Å². The predicted molar refractivity (Wildman–Crippen MR) is 109 cm³/mol.